The van der Waals surface area contributed by atoms with Gasteiger partial charge in [-0.3, -0.25) is 9.78 Å². The number of ether oxygens (including phenoxy) is 1. The lowest BCUT2D eigenvalue weighted by Gasteiger charge is -2.27. The van der Waals surface area contributed by atoms with Crippen LogP contribution < -0.4 is 0 Å². The molecule has 3 heterocycles. The SMILES string of the molecule is Cc1ccc(C2(C(=O)N3CCC4(C3)OC(=O)c3cnc(C(F)(F)F)cc34)CC2)cc1. The van der Waals surface area contributed by atoms with Crippen molar-refractivity contribution < 1.29 is 27.5 Å². The molecule has 1 atom stereocenters. The molecule has 5 rings (SSSR count). The number of nitrogens with zero attached hydrogens (tertiary/aromatic N) is 2. The summed E-state index contributed by atoms with van der Waals surface area (Å²) in [6.07, 6.45) is -1.97. The van der Waals surface area contributed by atoms with Gasteiger partial charge < -0.3 is 9.64 Å². The maximum atomic E-state index is 13.4. The number of rotatable bonds is 2. The van der Waals surface area contributed by atoms with Gasteiger partial charge >= 0.3 is 12.1 Å². The summed E-state index contributed by atoms with van der Waals surface area (Å²) in [5.74, 6) is -0.752. The van der Waals surface area contributed by atoms with Gasteiger partial charge in [-0.2, -0.15) is 13.2 Å². The van der Waals surface area contributed by atoms with E-state index in [1.807, 2.05) is 31.2 Å². The molecular weight excluding hydrogens is 397 g/mol. The van der Waals surface area contributed by atoms with Gasteiger partial charge in [0.2, 0.25) is 5.91 Å². The van der Waals surface area contributed by atoms with Gasteiger partial charge in [-0.1, -0.05) is 29.8 Å². The number of hydrogen-bond acceptors (Lipinski definition) is 4. The minimum absolute atomic E-state index is 0.0389. The van der Waals surface area contributed by atoms with Crippen LogP contribution in [0.15, 0.2) is 36.5 Å². The van der Waals surface area contributed by atoms with Crippen LogP contribution in [0.3, 0.4) is 0 Å². The summed E-state index contributed by atoms with van der Waals surface area (Å²) in [5, 5.41) is 0. The molecule has 1 spiro atoms. The highest BCUT2D eigenvalue weighted by molar-refractivity contribution is 5.95. The van der Waals surface area contributed by atoms with Crippen molar-refractivity contribution >= 4 is 11.9 Å². The van der Waals surface area contributed by atoms with Gasteiger partial charge in [0.05, 0.1) is 17.5 Å². The van der Waals surface area contributed by atoms with Crippen molar-refractivity contribution in [2.45, 2.75) is 43.4 Å². The van der Waals surface area contributed by atoms with Crippen molar-refractivity contribution in [3.05, 3.63) is 64.5 Å². The maximum Gasteiger partial charge on any atom is 0.433 e. The third kappa shape index (κ3) is 2.73. The molecule has 1 amide bonds. The highest BCUT2D eigenvalue weighted by Crippen LogP contribution is 2.52. The Hall–Kier alpha value is -2.90. The number of amides is 1. The second-order valence-electron chi connectivity index (χ2n) is 8.42. The van der Waals surface area contributed by atoms with E-state index >= 15 is 0 Å². The van der Waals surface area contributed by atoms with Crippen LogP contribution in [-0.4, -0.2) is 34.8 Å². The summed E-state index contributed by atoms with van der Waals surface area (Å²) >= 11 is 0. The first kappa shape index (κ1) is 19.1. The molecule has 1 saturated heterocycles. The highest BCUT2D eigenvalue weighted by atomic mass is 19.4. The van der Waals surface area contributed by atoms with Crippen LogP contribution in [0.2, 0.25) is 0 Å². The van der Waals surface area contributed by atoms with E-state index < -0.39 is 28.9 Å². The molecule has 30 heavy (non-hydrogen) atoms. The molecule has 1 aromatic heterocycles. The summed E-state index contributed by atoms with van der Waals surface area (Å²) in [4.78, 5) is 30.6. The number of pyridine rings is 1. The van der Waals surface area contributed by atoms with Gasteiger partial charge in [-0.25, -0.2) is 4.79 Å². The van der Waals surface area contributed by atoms with Gasteiger partial charge in [-0.15, -0.1) is 0 Å². The van der Waals surface area contributed by atoms with E-state index in [1.54, 1.807) is 4.90 Å². The minimum Gasteiger partial charge on any atom is -0.449 e. The number of esters is 1. The van der Waals surface area contributed by atoms with Crippen LogP contribution in [0.4, 0.5) is 13.2 Å². The largest absolute Gasteiger partial charge is 0.449 e. The number of benzene rings is 1. The molecular formula is C22H19F3N2O3. The first-order valence-corrected chi connectivity index (χ1v) is 9.82. The zero-order valence-corrected chi connectivity index (χ0v) is 16.3. The summed E-state index contributed by atoms with van der Waals surface area (Å²) in [7, 11) is 0. The smallest absolute Gasteiger partial charge is 0.433 e. The van der Waals surface area contributed by atoms with Crippen LogP contribution in [0, 0.1) is 6.92 Å². The number of likely N-dealkylation sites (tertiary alicyclic amines) is 1. The lowest BCUT2D eigenvalue weighted by atomic mass is 9.91. The van der Waals surface area contributed by atoms with Crippen LogP contribution >= 0.6 is 0 Å². The molecule has 0 bridgehead atoms. The Morgan fingerprint density at radius 3 is 2.50 bits per heavy atom. The lowest BCUT2D eigenvalue weighted by Crippen LogP contribution is -2.40. The number of hydrogen-bond donors (Lipinski definition) is 0. The van der Waals surface area contributed by atoms with Crippen molar-refractivity contribution in [2.75, 3.05) is 13.1 Å². The van der Waals surface area contributed by atoms with E-state index in [-0.39, 0.29) is 30.0 Å². The molecule has 5 nitrogen and oxygen atoms in total. The molecule has 1 aromatic carbocycles. The Morgan fingerprint density at radius 1 is 1.17 bits per heavy atom. The molecule has 2 aromatic rings. The zero-order valence-electron chi connectivity index (χ0n) is 16.3. The summed E-state index contributed by atoms with van der Waals surface area (Å²) in [6.45, 7) is 2.35. The van der Waals surface area contributed by atoms with Gasteiger partial charge in [0.15, 0.2) is 5.60 Å². The van der Waals surface area contributed by atoms with Crippen LogP contribution in [0.1, 0.15) is 52.0 Å². The second kappa shape index (κ2) is 6.06. The van der Waals surface area contributed by atoms with E-state index in [0.717, 1.165) is 36.2 Å². The van der Waals surface area contributed by atoms with E-state index in [2.05, 4.69) is 4.98 Å². The summed E-state index contributed by atoms with van der Waals surface area (Å²) in [6, 6.07) is 8.74. The fourth-order valence-corrected chi connectivity index (χ4v) is 4.62. The Labute approximate surface area is 170 Å². The first-order valence-electron chi connectivity index (χ1n) is 9.82. The topological polar surface area (TPSA) is 59.5 Å². The van der Waals surface area contributed by atoms with Crippen molar-refractivity contribution in [1.82, 2.24) is 9.88 Å². The Kier molecular flexibility index (Phi) is 3.85. The average Bonchev–Trinajstić information content (AvgIpc) is 3.33. The van der Waals surface area contributed by atoms with Crippen LogP contribution in [0.5, 0.6) is 0 Å². The number of aromatic nitrogens is 1. The third-order valence-electron chi connectivity index (χ3n) is 6.48. The number of halogens is 3. The predicted molar refractivity (Wildman–Crippen MR) is 99.6 cm³/mol. The number of alkyl halides is 3. The number of aryl methyl sites for hydroxylation is 1. The van der Waals surface area contributed by atoms with E-state index in [4.69, 9.17) is 4.74 Å². The summed E-state index contributed by atoms with van der Waals surface area (Å²) in [5.41, 5.74) is -0.629. The molecule has 1 saturated carbocycles. The fraction of sp³-hybridized carbons (Fsp3) is 0.409. The normalized spacial score (nSPS) is 24.1. The fourth-order valence-electron chi connectivity index (χ4n) is 4.62. The molecule has 2 fully saturated rings. The van der Waals surface area contributed by atoms with E-state index in [0.29, 0.717) is 6.54 Å². The quantitative estimate of drug-likeness (QED) is 0.700. The maximum absolute atomic E-state index is 13.4. The first-order chi connectivity index (χ1) is 14.1. The van der Waals surface area contributed by atoms with Crippen molar-refractivity contribution in [3.63, 3.8) is 0 Å². The molecule has 2 aliphatic heterocycles. The predicted octanol–water partition coefficient (Wildman–Crippen LogP) is 3.74. The van der Waals surface area contributed by atoms with Gasteiger partial charge in [-0.05, 0) is 31.4 Å². The molecule has 1 unspecified atom stereocenters. The van der Waals surface area contributed by atoms with Gasteiger partial charge in [0, 0.05) is 24.7 Å². The molecule has 8 heteroatoms. The van der Waals surface area contributed by atoms with Crippen LogP contribution in [-0.2, 0) is 26.7 Å². The van der Waals surface area contributed by atoms with Gasteiger partial charge in [0.1, 0.15) is 5.69 Å². The Bertz CT molecular complexity index is 1060. The Balaban J connectivity index is 1.45. The highest BCUT2D eigenvalue weighted by Gasteiger charge is 2.58. The summed E-state index contributed by atoms with van der Waals surface area (Å²) < 4.78 is 45.0. The average molecular weight is 416 g/mol. The Morgan fingerprint density at radius 2 is 1.87 bits per heavy atom. The monoisotopic (exact) mass is 416 g/mol. The standard InChI is InChI=1S/C22H19F3N2O3/c1-13-2-4-14(5-3-13)20(6-7-20)19(29)27-9-8-21(12-27)16-10-17(22(23,24)25)26-11-15(16)18(28)30-21/h2-5,10-11H,6-9,12H2,1H3. The van der Waals surface area contributed by atoms with Crippen LogP contribution in [0.25, 0.3) is 0 Å². The molecule has 0 N–H and O–H groups in total. The second-order valence-corrected chi connectivity index (χ2v) is 8.42. The number of fused-ring (bicyclic) bond motifs is 2. The van der Waals surface area contributed by atoms with Crippen molar-refractivity contribution in [1.29, 1.82) is 0 Å². The minimum atomic E-state index is -4.63. The third-order valence-corrected chi connectivity index (χ3v) is 6.48. The zero-order chi connectivity index (χ0) is 21.3. The van der Waals surface area contributed by atoms with E-state index in [9.17, 15) is 22.8 Å². The molecule has 0 radical (unpaired) electrons. The van der Waals surface area contributed by atoms with Gasteiger partial charge in [0.25, 0.3) is 0 Å². The van der Waals surface area contributed by atoms with Crippen molar-refractivity contribution in [2.24, 2.45) is 0 Å². The molecule has 156 valence electrons. The molecule has 3 aliphatic rings. The number of carbonyl (C=O) groups is 2. The van der Waals surface area contributed by atoms with Crippen molar-refractivity contribution in [3.8, 4) is 0 Å². The number of carbonyl (C=O) groups excluding carboxylic acids is 2. The lowest BCUT2D eigenvalue weighted by molar-refractivity contribution is -0.141. The van der Waals surface area contributed by atoms with E-state index in [1.165, 1.54) is 0 Å². The molecule has 1 aliphatic carbocycles.